The maximum Gasteiger partial charge on any atom is 0.410 e. The molecule has 0 aromatic carbocycles. The highest BCUT2D eigenvalue weighted by molar-refractivity contribution is 5.76. The molecule has 1 heterocycles. The number of carbonyl (C=O) groups is 2. The Hall–Kier alpha value is -1.20. The molecule has 0 N–H and O–H groups in total. The molecule has 0 aromatic rings. The van der Waals surface area contributed by atoms with Crippen molar-refractivity contribution < 1.29 is 23.1 Å². The van der Waals surface area contributed by atoms with E-state index in [4.69, 9.17) is 4.74 Å². The number of rotatable bonds is 2. The van der Waals surface area contributed by atoms with Crippen molar-refractivity contribution in [2.45, 2.75) is 52.1 Å². The van der Waals surface area contributed by atoms with Crippen LogP contribution >= 0.6 is 0 Å². The van der Waals surface area contributed by atoms with Gasteiger partial charge in [0.05, 0.1) is 0 Å². The molecule has 1 fully saturated rings. The third kappa shape index (κ3) is 4.76. The van der Waals surface area contributed by atoms with Gasteiger partial charge in [-0.3, -0.25) is 0 Å². The molecule has 19 heavy (non-hydrogen) atoms. The van der Waals surface area contributed by atoms with Gasteiger partial charge in [-0.1, -0.05) is 0 Å². The Balaban J connectivity index is 2.70. The van der Waals surface area contributed by atoms with Gasteiger partial charge < -0.3 is 14.4 Å². The second-order valence-electron chi connectivity index (χ2n) is 6.04. The fourth-order valence-corrected chi connectivity index (χ4v) is 2.03. The van der Waals surface area contributed by atoms with Crippen LogP contribution in [0.25, 0.3) is 0 Å². The number of halogens is 2. The van der Waals surface area contributed by atoms with Crippen LogP contribution in [-0.4, -0.2) is 41.4 Å². The van der Waals surface area contributed by atoms with Gasteiger partial charge >= 0.3 is 6.09 Å². The molecule has 1 amide bonds. The molecule has 0 radical (unpaired) electrons. The number of likely N-dealkylation sites (tertiary alicyclic amines) is 1. The minimum atomic E-state index is -2.90. The van der Waals surface area contributed by atoms with Gasteiger partial charge in [-0.25, -0.2) is 13.6 Å². The van der Waals surface area contributed by atoms with Gasteiger partial charge in [-0.2, -0.15) is 0 Å². The summed E-state index contributed by atoms with van der Waals surface area (Å²) < 4.78 is 32.5. The molecule has 110 valence electrons. The van der Waals surface area contributed by atoms with Crippen molar-refractivity contribution in [3.63, 3.8) is 0 Å². The summed E-state index contributed by atoms with van der Waals surface area (Å²) in [5, 5.41) is 0. The molecule has 1 aliphatic heterocycles. The first-order valence-electron chi connectivity index (χ1n) is 6.36. The summed E-state index contributed by atoms with van der Waals surface area (Å²) in [6.45, 7) is 6.25. The molecule has 0 bridgehead atoms. The molecule has 6 heteroatoms. The lowest BCUT2D eigenvalue weighted by Gasteiger charge is -2.38. The van der Waals surface area contributed by atoms with Gasteiger partial charge in [0.1, 0.15) is 11.4 Å². The quantitative estimate of drug-likeness (QED) is 0.779. The Morgan fingerprint density at radius 2 is 1.95 bits per heavy atom. The summed E-state index contributed by atoms with van der Waals surface area (Å²) in [6.07, 6.45) is -1.24. The van der Waals surface area contributed by atoms with Gasteiger partial charge in [0.15, 0.2) is 0 Å². The second-order valence-corrected chi connectivity index (χ2v) is 6.04. The fraction of sp³-hybridized carbons (Fsp3) is 0.846. The lowest BCUT2D eigenvalue weighted by molar-refractivity contribution is -0.131. The highest BCUT2D eigenvalue weighted by Crippen LogP contribution is 2.36. The van der Waals surface area contributed by atoms with E-state index in [9.17, 15) is 18.4 Å². The van der Waals surface area contributed by atoms with E-state index >= 15 is 0 Å². The van der Waals surface area contributed by atoms with Crippen LogP contribution in [0.2, 0.25) is 0 Å². The van der Waals surface area contributed by atoms with E-state index < -0.39 is 30.0 Å². The maximum atomic E-state index is 13.7. The van der Waals surface area contributed by atoms with Gasteiger partial charge in [0.25, 0.3) is 5.92 Å². The molecule has 1 rings (SSSR count). The predicted octanol–water partition coefficient (Wildman–Crippen LogP) is 2.86. The van der Waals surface area contributed by atoms with Crippen LogP contribution in [0.1, 0.15) is 40.5 Å². The molecule has 1 aliphatic rings. The van der Waals surface area contributed by atoms with E-state index in [0.29, 0.717) is 0 Å². The summed E-state index contributed by atoms with van der Waals surface area (Å²) in [5.41, 5.74) is -0.660. The predicted molar refractivity (Wildman–Crippen MR) is 66.2 cm³/mol. The van der Waals surface area contributed by atoms with Crippen molar-refractivity contribution in [2.24, 2.45) is 5.92 Å². The number of hydrogen-bond acceptors (Lipinski definition) is 3. The molecule has 0 saturated carbocycles. The van der Waals surface area contributed by atoms with Crippen LogP contribution in [0.4, 0.5) is 13.6 Å². The van der Waals surface area contributed by atoms with Crippen molar-refractivity contribution in [1.29, 1.82) is 0 Å². The molecule has 0 aromatic heterocycles. The number of ether oxygens (including phenoxy) is 1. The standard InChI is InChI=1S/C13H21F2NO3/c1-9(17)7-10-8-16(6-5-13(10,14)15)11(18)19-12(2,3)4/h10H,5-8H2,1-4H3. The van der Waals surface area contributed by atoms with Gasteiger partial charge in [-0.05, 0) is 27.7 Å². The number of carbonyl (C=O) groups excluding carboxylic acids is 2. The summed E-state index contributed by atoms with van der Waals surface area (Å²) in [5.74, 6) is -4.31. The number of amides is 1. The van der Waals surface area contributed by atoms with Crippen molar-refractivity contribution in [1.82, 2.24) is 4.90 Å². The highest BCUT2D eigenvalue weighted by Gasteiger charge is 2.46. The molecule has 1 atom stereocenters. The lowest BCUT2D eigenvalue weighted by Crippen LogP contribution is -2.50. The zero-order valence-electron chi connectivity index (χ0n) is 11.8. The number of nitrogens with zero attached hydrogens (tertiary/aromatic N) is 1. The number of hydrogen-bond donors (Lipinski definition) is 0. The number of piperidine rings is 1. The third-order valence-electron chi connectivity index (χ3n) is 2.94. The van der Waals surface area contributed by atoms with E-state index in [1.807, 2.05) is 0 Å². The first-order chi connectivity index (χ1) is 8.51. The van der Waals surface area contributed by atoms with E-state index in [1.165, 1.54) is 11.8 Å². The first-order valence-corrected chi connectivity index (χ1v) is 6.36. The van der Waals surface area contributed by atoms with Crippen molar-refractivity contribution in [2.75, 3.05) is 13.1 Å². The van der Waals surface area contributed by atoms with E-state index in [-0.39, 0.29) is 25.3 Å². The van der Waals surface area contributed by atoms with Crippen molar-refractivity contribution in [3.05, 3.63) is 0 Å². The zero-order chi connectivity index (χ0) is 14.8. The average molecular weight is 277 g/mol. The fourth-order valence-electron chi connectivity index (χ4n) is 2.03. The molecule has 1 unspecified atom stereocenters. The van der Waals surface area contributed by atoms with Crippen LogP contribution in [0.15, 0.2) is 0 Å². The molecular weight excluding hydrogens is 256 g/mol. The molecular formula is C13H21F2NO3. The number of Topliss-reactive ketones (excluding diaryl/α,β-unsaturated/α-hetero) is 1. The van der Waals surface area contributed by atoms with Crippen molar-refractivity contribution in [3.8, 4) is 0 Å². The topological polar surface area (TPSA) is 46.6 Å². The van der Waals surface area contributed by atoms with Crippen LogP contribution in [0.5, 0.6) is 0 Å². The monoisotopic (exact) mass is 277 g/mol. The molecule has 0 aliphatic carbocycles. The van der Waals surface area contributed by atoms with E-state index in [2.05, 4.69) is 0 Å². The minimum absolute atomic E-state index is 0.0453. The Bertz CT molecular complexity index is 363. The summed E-state index contributed by atoms with van der Waals surface area (Å²) in [7, 11) is 0. The number of alkyl halides is 2. The highest BCUT2D eigenvalue weighted by atomic mass is 19.3. The Labute approximate surface area is 112 Å². The van der Waals surface area contributed by atoms with Gasteiger partial charge in [0, 0.05) is 31.8 Å². The third-order valence-corrected chi connectivity index (χ3v) is 2.94. The van der Waals surface area contributed by atoms with E-state index in [1.54, 1.807) is 20.8 Å². The lowest BCUT2D eigenvalue weighted by atomic mass is 9.89. The summed E-state index contributed by atoms with van der Waals surface area (Å²) in [6, 6.07) is 0. The van der Waals surface area contributed by atoms with Crippen LogP contribution in [0.3, 0.4) is 0 Å². The molecule has 4 nitrogen and oxygen atoms in total. The zero-order valence-corrected chi connectivity index (χ0v) is 11.8. The Morgan fingerprint density at radius 3 is 2.42 bits per heavy atom. The maximum absolute atomic E-state index is 13.7. The van der Waals surface area contributed by atoms with Crippen LogP contribution in [0, 0.1) is 5.92 Å². The largest absolute Gasteiger partial charge is 0.444 e. The van der Waals surface area contributed by atoms with E-state index in [0.717, 1.165) is 0 Å². The van der Waals surface area contributed by atoms with Gasteiger partial charge in [-0.15, -0.1) is 0 Å². The average Bonchev–Trinajstić information content (AvgIpc) is 2.17. The normalized spacial score (nSPS) is 23.1. The summed E-state index contributed by atoms with van der Waals surface area (Å²) >= 11 is 0. The van der Waals surface area contributed by atoms with Gasteiger partial charge in [0.2, 0.25) is 0 Å². The first kappa shape index (κ1) is 15.9. The van der Waals surface area contributed by atoms with Crippen LogP contribution < -0.4 is 0 Å². The smallest absolute Gasteiger partial charge is 0.410 e. The Morgan fingerprint density at radius 1 is 1.37 bits per heavy atom. The second kappa shape index (κ2) is 5.43. The SMILES string of the molecule is CC(=O)CC1CN(C(=O)OC(C)(C)C)CCC1(F)F. The Kier molecular flexibility index (Phi) is 4.53. The minimum Gasteiger partial charge on any atom is -0.444 e. The number of ketones is 1. The molecule has 0 spiro atoms. The summed E-state index contributed by atoms with van der Waals surface area (Å²) in [4.78, 5) is 24.1. The van der Waals surface area contributed by atoms with Crippen LogP contribution in [-0.2, 0) is 9.53 Å². The molecule has 1 saturated heterocycles. The van der Waals surface area contributed by atoms with Crippen molar-refractivity contribution >= 4 is 11.9 Å².